The summed E-state index contributed by atoms with van der Waals surface area (Å²) in [6, 6.07) is 60.2. The normalized spacial score (nSPS) is 23.9. The molecule has 8 heterocycles. The van der Waals surface area contributed by atoms with E-state index in [0.29, 0.717) is 146 Å². The van der Waals surface area contributed by atoms with Crippen LogP contribution in [0.5, 0.6) is 46.0 Å². The van der Waals surface area contributed by atoms with Crippen LogP contribution in [0, 0.1) is 88.3 Å². The van der Waals surface area contributed by atoms with E-state index < -0.39 is 22.0 Å². The predicted octanol–water partition coefficient (Wildman–Crippen LogP) is 17.0. The molecule has 5 saturated carbocycles. The fourth-order valence-electron chi connectivity index (χ4n) is 19.9. The highest BCUT2D eigenvalue weighted by atomic mass is 79.9. The molecular formula is C105H120BrF5N8O19S. The zero-order valence-corrected chi connectivity index (χ0v) is 79.8. The lowest BCUT2D eigenvalue weighted by Crippen LogP contribution is -2.31. The van der Waals surface area contributed by atoms with Crippen molar-refractivity contribution in [3.8, 4) is 46.0 Å². The molecule has 34 heteroatoms. The molecule has 742 valence electrons. The minimum absolute atomic E-state index is 0.0180. The number of aliphatic hydroxyl groups is 2. The fourth-order valence-corrected chi connectivity index (χ4v) is 20.8. The number of carbonyl (C=O) groups is 4. The quantitative estimate of drug-likeness (QED) is 0.0143. The summed E-state index contributed by atoms with van der Waals surface area (Å²) >= 11 is 3.02. The maximum atomic E-state index is 13.7. The highest BCUT2D eigenvalue weighted by molar-refractivity contribution is 9.09. The summed E-state index contributed by atoms with van der Waals surface area (Å²) < 4.78 is 128. The van der Waals surface area contributed by atoms with Gasteiger partial charge in [-0.05, 0) is 252 Å². The Balaban J connectivity index is 0.000000140. The molecule has 0 radical (unpaired) electrons. The van der Waals surface area contributed by atoms with Crippen LogP contribution in [-0.2, 0) is 37.0 Å². The molecule has 7 N–H and O–H groups in total. The zero-order chi connectivity index (χ0) is 98.5. The molecule has 0 bridgehead atoms. The van der Waals surface area contributed by atoms with E-state index in [0.717, 1.165) is 120 Å². The SMILES string of the molecule is CCO.CS(=O)(=O)OC1C[C@@H]2CN(C(=O)OCc3ccccc3)C[C@@H]2C1.Fc1ccccc1OC1C[C@H]2CNC[C@H]2C1.O=C(CBr)c1ccc(O)cn1.O=C(CN1C[C@H]2CC(Oc3ccccc3F)C[C@H]2C1)c1ccc(O)cn1.O=C(OCc1ccccc1)N1C[C@H]2CC(Oc3ccccc3F)C[C@H]2C1.Oc1ccc([C@@H](O)CN2C[C@H]3CC(Oc4ccccc4F)C[C@H]3C2)nc1.Oc1ccccc1F. The number of hydrogen-bond donors (Lipinski definition) is 7. The summed E-state index contributed by atoms with van der Waals surface area (Å²) in [5.74, 6) is 4.24. The first-order valence-electron chi connectivity index (χ1n) is 46.9. The van der Waals surface area contributed by atoms with Gasteiger partial charge in [-0.25, -0.2) is 41.5 Å². The third-order valence-corrected chi connectivity index (χ3v) is 27.4. The van der Waals surface area contributed by atoms with E-state index >= 15 is 0 Å². The van der Waals surface area contributed by atoms with Crippen LogP contribution in [0.1, 0.15) is 115 Å². The average Bonchev–Trinajstić information content (AvgIpc) is 1.67. The van der Waals surface area contributed by atoms with Crippen molar-refractivity contribution in [3.63, 3.8) is 0 Å². The summed E-state index contributed by atoms with van der Waals surface area (Å²) in [5.41, 5.74) is 3.25. The molecule has 5 aliphatic heterocycles. The number of ketones is 2. The number of phenolic OH excluding ortho intramolecular Hbond substituents is 1. The van der Waals surface area contributed by atoms with E-state index in [4.69, 9.17) is 47.9 Å². The number of aliphatic hydroxyl groups excluding tert-OH is 2. The van der Waals surface area contributed by atoms with Crippen LogP contribution in [-0.4, -0.2) is 225 Å². The Bertz CT molecular complexity index is 5610. The van der Waals surface area contributed by atoms with Crippen molar-refractivity contribution in [2.75, 3.05) is 96.7 Å². The maximum Gasteiger partial charge on any atom is 0.410 e. The predicted molar refractivity (Wildman–Crippen MR) is 512 cm³/mol. The number of Topliss-reactive ketones (excluding diaryl/α,β-unsaturated/α-hetero) is 2. The number of halogens is 6. The van der Waals surface area contributed by atoms with Gasteiger partial charge in [0.15, 0.2) is 69.4 Å². The summed E-state index contributed by atoms with van der Waals surface area (Å²) in [7, 11) is -3.41. The molecule has 139 heavy (non-hydrogen) atoms. The Hall–Kier alpha value is -11.9. The fraction of sp³-hybridized carbons (Fsp3) is 0.419. The molecule has 2 amide bonds. The molecule has 20 rings (SSSR count). The highest BCUT2D eigenvalue weighted by Gasteiger charge is 2.48. The molecule has 3 aromatic heterocycles. The van der Waals surface area contributed by atoms with Gasteiger partial charge in [-0.2, -0.15) is 8.42 Å². The molecule has 10 fully saturated rings. The van der Waals surface area contributed by atoms with Gasteiger partial charge in [-0.1, -0.05) is 137 Å². The number of likely N-dealkylation sites (tertiary alicyclic amines) is 4. The third kappa shape index (κ3) is 31.6. The van der Waals surface area contributed by atoms with E-state index in [1.165, 1.54) is 85.3 Å². The van der Waals surface area contributed by atoms with E-state index in [9.17, 15) is 64.9 Å². The number of para-hydroxylation sites is 5. The maximum absolute atomic E-state index is 13.7. The largest absolute Gasteiger partial charge is 0.506 e. The van der Waals surface area contributed by atoms with Crippen molar-refractivity contribution in [2.24, 2.45) is 59.2 Å². The number of phenols is 1. The van der Waals surface area contributed by atoms with Crippen molar-refractivity contribution < 1.29 is 113 Å². The molecule has 0 spiro atoms. The van der Waals surface area contributed by atoms with Crippen molar-refractivity contribution in [2.45, 2.75) is 121 Å². The lowest BCUT2D eigenvalue weighted by Gasteiger charge is -2.22. The number of alkyl halides is 1. The minimum atomic E-state index is -3.41. The van der Waals surface area contributed by atoms with Crippen molar-refractivity contribution in [1.82, 2.24) is 39.9 Å². The number of β-amino-alcohol motifs (C(OH)–C–C–N with tert-alkyl or cyclic N) is 1. The van der Waals surface area contributed by atoms with Crippen molar-refractivity contribution in [3.05, 3.63) is 294 Å². The van der Waals surface area contributed by atoms with Gasteiger partial charge in [-0.3, -0.25) is 28.6 Å². The van der Waals surface area contributed by atoms with Gasteiger partial charge in [0.1, 0.15) is 48.0 Å². The van der Waals surface area contributed by atoms with Crippen LogP contribution in [0.25, 0.3) is 0 Å². The Morgan fingerprint density at radius 2 is 0.727 bits per heavy atom. The molecule has 5 unspecified atom stereocenters. The standard InChI is InChI=1S/C21H22FNO3.C20H23FN2O3.C20H21FN2O3.C16H21NO5S.C13H16FNO.C7H6BrNO2.C6H5FO.C2H6O/c22-19-8-4-5-9-20(19)26-18-10-16-12-23(13-17(16)11-18)21(24)25-14-15-6-2-1-3-7-15;2*21-17-3-1-2-4-20(17)26-16-7-13-10-23(11-14(13)8-16)12-19(25)18-6-5-15(24)9-22-18;1-23(19,20)22-15-7-13-9-17(10-14(13)8-15)16(18)21-11-12-5-3-2-4-6-12;14-12-3-1-2-4-13(12)16-11-5-9-7-15-8-10(9)6-11;8-3-7(11)6-2-1-5(10)4-9-6;7-5-3-1-2-4-6(5)8;1-2-3/h1-9,16-18H,10-14H2;1-6,9,13-14,16,19,24-25H,7-8,10-12H2;1-6,9,13-14,16,24H,7-8,10-12H2;2-6,13-15H,7-11H2,1H3;1-4,9-11,15H,5-8H2;1-2,4,10H,3H2;1-4,8H;3H,2H2,1H3/t16-,17+,18?;13-,14+,16?,19-;13-,14+,16?;13-,14+,15?;9-,10+,11?;;;/m.0....../s1. The van der Waals surface area contributed by atoms with E-state index in [2.05, 4.69) is 46.0 Å². The minimum Gasteiger partial charge on any atom is -0.506 e. The molecule has 5 aliphatic carbocycles. The second kappa shape index (κ2) is 51.3. The van der Waals surface area contributed by atoms with Crippen LogP contribution in [0.4, 0.5) is 31.5 Å². The highest BCUT2D eigenvalue weighted by Crippen LogP contribution is 2.46. The van der Waals surface area contributed by atoms with Crippen molar-refractivity contribution >= 4 is 49.8 Å². The van der Waals surface area contributed by atoms with E-state index in [1.807, 2.05) is 66.7 Å². The van der Waals surface area contributed by atoms with Gasteiger partial charge in [0.2, 0.25) is 0 Å². The van der Waals surface area contributed by atoms with Gasteiger partial charge in [-0.15, -0.1) is 0 Å². The number of aromatic hydroxyl groups is 4. The molecule has 7 aromatic carbocycles. The molecule has 5 saturated heterocycles. The Kier molecular flexibility index (Phi) is 38.6. The number of nitrogens with zero attached hydrogens (tertiary/aromatic N) is 7. The number of carbonyl (C=O) groups excluding carboxylic acids is 4. The molecular weight excluding hydrogens is 1880 g/mol. The van der Waals surface area contributed by atoms with E-state index in [-0.39, 0.29) is 119 Å². The molecule has 10 aliphatic rings. The van der Waals surface area contributed by atoms with Crippen LogP contribution < -0.4 is 24.3 Å². The summed E-state index contributed by atoms with van der Waals surface area (Å²) in [4.78, 5) is 67.4. The number of hydrogen-bond acceptors (Lipinski definition) is 25. The Labute approximate surface area is 814 Å². The summed E-state index contributed by atoms with van der Waals surface area (Å²) in [6.07, 6.45) is 12.6. The van der Waals surface area contributed by atoms with E-state index in [1.54, 1.807) is 102 Å². The Morgan fingerprint density at radius 3 is 1.05 bits per heavy atom. The number of ether oxygens (including phenoxy) is 6. The lowest BCUT2D eigenvalue weighted by atomic mass is 10.0. The number of amides is 2. The van der Waals surface area contributed by atoms with Gasteiger partial charge >= 0.3 is 12.2 Å². The lowest BCUT2D eigenvalue weighted by molar-refractivity contribution is 0.0929. The number of rotatable bonds is 22. The first-order valence-corrected chi connectivity index (χ1v) is 49.9. The zero-order valence-electron chi connectivity index (χ0n) is 77.4. The second-order valence-electron chi connectivity index (χ2n) is 36.5. The van der Waals surface area contributed by atoms with Gasteiger partial charge < -0.3 is 74.2 Å². The van der Waals surface area contributed by atoms with Crippen LogP contribution >= 0.6 is 15.9 Å². The average molecular weight is 2010 g/mol. The molecule has 10 aromatic rings. The monoisotopic (exact) mass is 2000 g/mol. The third-order valence-electron chi connectivity index (χ3n) is 26.3. The molecule has 27 nitrogen and oxygen atoms in total. The van der Waals surface area contributed by atoms with Crippen LogP contribution in [0.3, 0.4) is 0 Å². The number of fused-ring (bicyclic) bond motifs is 5. The second-order valence-corrected chi connectivity index (χ2v) is 38.7. The number of pyridine rings is 3. The summed E-state index contributed by atoms with van der Waals surface area (Å²) in [5, 5.41) is 57.5. The first-order chi connectivity index (χ1) is 67.0. The number of aromatic nitrogens is 3. The van der Waals surface area contributed by atoms with Gasteiger partial charge in [0.25, 0.3) is 10.1 Å². The van der Waals surface area contributed by atoms with Gasteiger partial charge in [0.05, 0.1) is 72.9 Å². The topological polar surface area (TPSA) is 352 Å². The number of benzene rings is 7. The smallest absolute Gasteiger partial charge is 0.410 e. The van der Waals surface area contributed by atoms with Gasteiger partial charge in [0, 0.05) is 65.5 Å². The molecule has 16 atom stereocenters. The van der Waals surface area contributed by atoms with Crippen molar-refractivity contribution in [1.29, 1.82) is 0 Å². The summed E-state index contributed by atoms with van der Waals surface area (Å²) in [6.45, 7) is 11.7. The number of nitrogens with one attached hydrogen (secondary N) is 1. The Morgan fingerprint density at radius 1 is 0.410 bits per heavy atom. The van der Waals surface area contributed by atoms with Crippen LogP contribution in [0.15, 0.2) is 237 Å². The van der Waals surface area contributed by atoms with Crippen LogP contribution in [0.2, 0.25) is 0 Å². The first kappa shape index (κ1) is 104.